The molecule has 2 aromatic rings. The van der Waals surface area contributed by atoms with E-state index in [1.165, 1.54) is 4.90 Å². The van der Waals surface area contributed by atoms with Gasteiger partial charge in [0.2, 0.25) is 11.8 Å². The molecule has 0 unspecified atom stereocenters. The van der Waals surface area contributed by atoms with Crippen LogP contribution in [0.4, 0.5) is 11.4 Å². The van der Waals surface area contributed by atoms with Gasteiger partial charge in [-0.3, -0.25) is 19.2 Å². The van der Waals surface area contributed by atoms with E-state index in [2.05, 4.69) is 24.1 Å². The number of anilines is 2. The van der Waals surface area contributed by atoms with Crippen LogP contribution in [-0.2, 0) is 28.7 Å². The van der Waals surface area contributed by atoms with E-state index >= 15 is 0 Å². The summed E-state index contributed by atoms with van der Waals surface area (Å²) in [6.45, 7) is 7.87. The first-order valence-electron chi connectivity index (χ1n) is 17.4. The average molecular weight is 671 g/mol. The second kappa shape index (κ2) is 14.6. The Bertz CT molecular complexity index is 1590. The van der Waals surface area contributed by atoms with E-state index in [0.29, 0.717) is 17.7 Å². The molecule has 4 heterocycles. The number of aliphatic hydroxyl groups is 1. The maximum atomic E-state index is 14.7. The van der Waals surface area contributed by atoms with Crippen molar-refractivity contribution < 1.29 is 33.8 Å². The number of rotatable bonds is 8. The summed E-state index contributed by atoms with van der Waals surface area (Å²) in [6, 6.07) is 15.4. The van der Waals surface area contributed by atoms with Gasteiger partial charge in [-0.15, -0.1) is 0 Å². The summed E-state index contributed by atoms with van der Waals surface area (Å²) in [5, 5.41) is 12.7. The van der Waals surface area contributed by atoms with Crippen LogP contribution in [0.15, 0.2) is 78.9 Å². The first kappa shape index (κ1) is 34.4. The van der Waals surface area contributed by atoms with Crippen LogP contribution in [0.25, 0.3) is 0 Å². The zero-order valence-electron chi connectivity index (χ0n) is 28.4. The molecule has 11 nitrogen and oxygen atoms in total. The number of carbonyl (C=O) groups excluding carboxylic acids is 4. The Hall–Kier alpha value is -4.48. The molecule has 4 aliphatic heterocycles. The lowest BCUT2D eigenvalue weighted by Crippen LogP contribution is -2.55. The number of likely N-dealkylation sites (tertiary alicyclic amines) is 1. The summed E-state index contributed by atoms with van der Waals surface area (Å²) in [7, 11) is 0. The molecule has 1 spiro atoms. The van der Waals surface area contributed by atoms with E-state index in [9.17, 15) is 24.3 Å². The summed E-state index contributed by atoms with van der Waals surface area (Å²) >= 11 is 0. The van der Waals surface area contributed by atoms with Crippen LogP contribution in [0.1, 0.15) is 51.7 Å². The molecule has 2 N–H and O–H groups in total. The maximum absolute atomic E-state index is 14.7. The zero-order chi connectivity index (χ0) is 34.7. The first-order chi connectivity index (χ1) is 23.7. The van der Waals surface area contributed by atoms with E-state index in [0.717, 1.165) is 18.8 Å². The molecule has 4 aliphatic rings. The van der Waals surface area contributed by atoms with Crippen molar-refractivity contribution >= 4 is 35.1 Å². The third kappa shape index (κ3) is 6.37. The summed E-state index contributed by atoms with van der Waals surface area (Å²) in [5.74, 6) is -3.64. The molecule has 2 aromatic carbocycles. The number of ether oxygens (including phenoxy) is 2. The Balaban J connectivity index is 1.40. The van der Waals surface area contributed by atoms with Gasteiger partial charge in [-0.05, 0) is 63.4 Å². The Labute approximate surface area is 287 Å². The molecule has 2 fully saturated rings. The SMILES string of the molecule is CCN(CC)c1ccc(N2CC=C[C@@]34O[C@H]5/C=C\CCC(=O)N[C@@H](C)[C@H](c6ccccc6)OC(=O)[C@H]5[C@@H]3C(=O)N(CCCO)[C@H]4C2=O)cc1. The smallest absolute Gasteiger partial charge is 0.313 e. The lowest BCUT2D eigenvalue weighted by molar-refractivity contribution is -0.161. The Kier molecular flexibility index (Phi) is 10.2. The second-order valence-corrected chi connectivity index (χ2v) is 13.1. The van der Waals surface area contributed by atoms with Gasteiger partial charge in [0.25, 0.3) is 5.91 Å². The summed E-state index contributed by atoms with van der Waals surface area (Å²) in [5.41, 5.74) is 0.971. The molecule has 6 rings (SSSR count). The lowest BCUT2D eigenvalue weighted by Gasteiger charge is -2.35. The van der Waals surface area contributed by atoms with E-state index in [4.69, 9.17) is 9.47 Å². The standard InChI is InChI=1S/C38H46N4O7/c1-4-40(5-2)27-17-19-28(20-18-27)41-22-11-21-38-32(35(45)42(23-12-24-43)34(38)36(41)46)31-29(49-38)15-9-10-16-30(44)39-25(3)33(48-37(31)47)26-13-7-6-8-14-26/h6-9,11,13-15,17-21,25,29,31-34,43H,4-5,10,12,16,22-24H2,1-3H3,(H,39,44)/b15-9-/t25-,29-,31+,32+,33+,34-,38+/m0/s1. The van der Waals surface area contributed by atoms with Crippen molar-refractivity contribution in [2.24, 2.45) is 11.8 Å². The second-order valence-electron chi connectivity index (χ2n) is 13.1. The van der Waals surface area contributed by atoms with Gasteiger partial charge >= 0.3 is 5.97 Å². The Morgan fingerprint density at radius 1 is 0.980 bits per heavy atom. The number of benzene rings is 2. The number of hydrogen-bond acceptors (Lipinski definition) is 8. The van der Waals surface area contributed by atoms with E-state index in [-0.39, 0.29) is 44.4 Å². The van der Waals surface area contributed by atoms with Crippen LogP contribution >= 0.6 is 0 Å². The van der Waals surface area contributed by atoms with Gasteiger partial charge in [-0.2, -0.15) is 0 Å². The molecule has 0 saturated carbocycles. The quantitative estimate of drug-likeness (QED) is 0.323. The molecule has 49 heavy (non-hydrogen) atoms. The van der Waals surface area contributed by atoms with Crippen molar-refractivity contribution in [1.82, 2.24) is 10.2 Å². The predicted octanol–water partition coefficient (Wildman–Crippen LogP) is 3.54. The minimum atomic E-state index is -1.46. The van der Waals surface area contributed by atoms with Gasteiger partial charge in [0.15, 0.2) is 0 Å². The number of nitrogens with one attached hydrogen (secondary N) is 1. The van der Waals surface area contributed by atoms with Crippen molar-refractivity contribution in [3.63, 3.8) is 0 Å². The molecule has 0 radical (unpaired) electrons. The van der Waals surface area contributed by atoms with Gasteiger partial charge in [-0.1, -0.05) is 54.6 Å². The Morgan fingerprint density at radius 2 is 1.71 bits per heavy atom. The number of carbonyl (C=O) groups is 4. The number of nitrogens with zero attached hydrogens (tertiary/aromatic N) is 3. The van der Waals surface area contributed by atoms with Crippen LogP contribution < -0.4 is 15.1 Å². The third-order valence-electron chi connectivity index (χ3n) is 10.2. The van der Waals surface area contributed by atoms with E-state index < -0.39 is 53.6 Å². The summed E-state index contributed by atoms with van der Waals surface area (Å²) < 4.78 is 13.0. The highest BCUT2D eigenvalue weighted by atomic mass is 16.6. The molecular weight excluding hydrogens is 624 g/mol. The van der Waals surface area contributed by atoms with Crippen LogP contribution in [0.2, 0.25) is 0 Å². The number of fused-ring (bicyclic) bond motifs is 2. The van der Waals surface area contributed by atoms with Crippen LogP contribution in [0, 0.1) is 11.8 Å². The molecule has 0 aromatic heterocycles. The van der Waals surface area contributed by atoms with Crippen molar-refractivity contribution in [1.29, 1.82) is 0 Å². The normalized spacial score (nSPS) is 30.7. The van der Waals surface area contributed by atoms with Gasteiger partial charge < -0.3 is 34.6 Å². The van der Waals surface area contributed by atoms with Gasteiger partial charge in [0, 0.05) is 50.6 Å². The highest BCUT2D eigenvalue weighted by Gasteiger charge is 2.71. The summed E-state index contributed by atoms with van der Waals surface area (Å²) in [4.78, 5) is 61.8. The van der Waals surface area contributed by atoms with Crippen molar-refractivity contribution in [3.05, 3.63) is 84.5 Å². The number of allylic oxidation sites excluding steroid dienone is 1. The maximum Gasteiger partial charge on any atom is 0.313 e. The number of esters is 1. The van der Waals surface area contributed by atoms with Crippen molar-refractivity contribution in [2.45, 2.75) is 69.9 Å². The lowest BCUT2D eigenvalue weighted by atomic mass is 9.77. The number of hydrogen-bond donors (Lipinski definition) is 2. The minimum Gasteiger partial charge on any atom is -0.455 e. The molecule has 3 amide bonds. The van der Waals surface area contributed by atoms with Crippen LogP contribution in [0.3, 0.4) is 0 Å². The van der Waals surface area contributed by atoms with Gasteiger partial charge in [0.1, 0.15) is 23.7 Å². The highest BCUT2D eigenvalue weighted by molar-refractivity contribution is 6.05. The number of cyclic esters (lactones) is 1. The first-order valence-corrected chi connectivity index (χ1v) is 17.4. The van der Waals surface area contributed by atoms with Crippen molar-refractivity contribution in [2.75, 3.05) is 42.6 Å². The van der Waals surface area contributed by atoms with Crippen LogP contribution in [-0.4, -0.2) is 90.3 Å². The fourth-order valence-corrected chi connectivity index (χ4v) is 7.85. The third-order valence-corrected chi connectivity index (χ3v) is 10.2. The fourth-order valence-electron chi connectivity index (χ4n) is 7.85. The van der Waals surface area contributed by atoms with Gasteiger partial charge in [-0.25, -0.2) is 0 Å². The molecular formula is C38H46N4O7. The van der Waals surface area contributed by atoms with Gasteiger partial charge in [0.05, 0.1) is 18.1 Å². The Morgan fingerprint density at radius 3 is 2.41 bits per heavy atom. The van der Waals surface area contributed by atoms with Crippen molar-refractivity contribution in [3.8, 4) is 0 Å². The number of aliphatic hydroxyl groups excluding tert-OH is 1. The largest absolute Gasteiger partial charge is 0.455 e. The molecule has 11 heteroatoms. The molecule has 7 atom stereocenters. The minimum absolute atomic E-state index is 0.119. The molecule has 2 saturated heterocycles. The zero-order valence-corrected chi connectivity index (χ0v) is 28.4. The van der Waals surface area contributed by atoms with E-state index in [1.54, 1.807) is 30.1 Å². The molecule has 0 aliphatic carbocycles. The fraction of sp³-hybridized carbons (Fsp3) is 0.474. The summed E-state index contributed by atoms with van der Waals surface area (Å²) in [6.07, 6.45) is 6.32. The topological polar surface area (TPSA) is 129 Å². The highest BCUT2D eigenvalue weighted by Crippen LogP contribution is 2.53. The molecule has 260 valence electrons. The van der Waals surface area contributed by atoms with E-state index in [1.807, 2.05) is 60.7 Å². The number of amides is 3. The molecule has 0 bridgehead atoms. The monoisotopic (exact) mass is 670 g/mol. The predicted molar refractivity (Wildman–Crippen MR) is 185 cm³/mol. The average Bonchev–Trinajstić information content (AvgIpc) is 3.49. The van der Waals surface area contributed by atoms with Crippen LogP contribution in [0.5, 0.6) is 0 Å².